The molecule has 0 aromatic heterocycles. The zero-order valence-corrected chi connectivity index (χ0v) is 14.2. The number of amides is 2. The Bertz CT molecular complexity index is 424. The lowest BCUT2D eigenvalue weighted by molar-refractivity contribution is -0.138. The molecule has 2 amide bonds. The lowest BCUT2D eigenvalue weighted by atomic mass is 9.98. The summed E-state index contributed by atoms with van der Waals surface area (Å²) in [6.07, 6.45) is 2.18. The monoisotopic (exact) mass is 327 g/mol. The van der Waals surface area contributed by atoms with Crippen LogP contribution in [0.4, 0.5) is 0 Å². The van der Waals surface area contributed by atoms with Crippen molar-refractivity contribution >= 4 is 11.8 Å². The number of piperidine rings is 1. The number of hydrogen-bond acceptors (Lipinski definition) is 5. The van der Waals surface area contributed by atoms with Gasteiger partial charge in [0.25, 0.3) is 0 Å². The predicted molar refractivity (Wildman–Crippen MR) is 85.9 cm³/mol. The lowest BCUT2D eigenvalue weighted by Gasteiger charge is -2.33. The van der Waals surface area contributed by atoms with Crippen molar-refractivity contribution < 1.29 is 19.4 Å². The van der Waals surface area contributed by atoms with Gasteiger partial charge in [0.1, 0.15) is 5.60 Å². The van der Waals surface area contributed by atoms with Crippen LogP contribution >= 0.6 is 0 Å². The van der Waals surface area contributed by atoms with E-state index in [-0.39, 0.29) is 31.4 Å². The normalized spacial score (nSPS) is 27.5. The summed E-state index contributed by atoms with van der Waals surface area (Å²) in [5.41, 5.74) is -1.32. The highest BCUT2D eigenvalue weighted by atomic mass is 16.5. The Morgan fingerprint density at radius 2 is 2.00 bits per heavy atom. The number of aliphatic hydroxyl groups is 1. The van der Waals surface area contributed by atoms with Crippen molar-refractivity contribution in [2.24, 2.45) is 5.92 Å². The average Bonchev–Trinajstić information content (AvgIpc) is 2.71. The Balaban J connectivity index is 1.91. The first-order valence-electron chi connectivity index (χ1n) is 8.43. The first kappa shape index (κ1) is 18.2. The van der Waals surface area contributed by atoms with Gasteiger partial charge in [0.2, 0.25) is 11.8 Å². The van der Waals surface area contributed by atoms with E-state index in [1.165, 1.54) is 7.05 Å². The van der Waals surface area contributed by atoms with Gasteiger partial charge in [-0.1, -0.05) is 6.92 Å². The molecule has 2 fully saturated rings. The van der Waals surface area contributed by atoms with Gasteiger partial charge in [-0.3, -0.25) is 14.5 Å². The van der Waals surface area contributed by atoms with Gasteiger partial charge in [-0.05, 0) is 31.8 Å². The molecule has 132 valence electrons. The van der Waals surface area contributed by atoms with Gasteiger partial charge in [-0.2, -0.15) is 0 Å². The van der Waals surface area contributed by atoms with Gasteiger partial charge in [0.05, 0.1) is 32.7 Å². The van der Waals surface area contributed by atoms with E-state index >= 15 is 0 Å². The third-order valence-electron chi connectivity index (χ3n) is 4.72. The van der Waals surface area contributed by atoms with E-state index in [1.54, 1.807) is 4.90 Å². The summed E-state index contributed by atoms with van der Waals surface area (Å²) in [7, 11) is 1.53. The van der Waals surface area contributed by atoms with Crippen molar-refractivity contribution in [3.63, 3.8) is 0 Å². The molecule has 0 radical (unpaired) electrons. The van der Waals surface area contributed by atoms with Gasteiger partial charge >= 0.3 is 0 Å². The first-order valence-corrected chi connectivity index (χ1v) is 8.43. The molecule has 0 aromatic carbocycles. The van der Waals surface area contributed by atoms with Gasteiger partial charge in [0.15, 0.2) is 0 Å². The fraction of sp³-hybridized carbons (Fsp3) is 0.875. The summed E-state index contributed by atoms with van der Waals surface area (Å²) in [4.78, 5) is 27.9. The molecule has 2 aliphatic rings. The zero-order valence-electron chi connectivity index (χ0n) is 14.2. The van der Waals surface area contributed by atoms with Crippen LogP contribution in [-0.2, 0) is 14.3 Å². The van der Waals surface area contributed by atoms with E-state index in [2.05, 4.69) is 17.1 Å². The standard InChI is InChI=1S/C16H29N3O4/c1-13-3-5-18(6-4-13)10-15(21)19-7-8-23-12-16(22,11-19)9-14(20)17-2/h13,22H,3-12H2,1-2H3,(H,17,20). The number of nitrogens with one attached hydrogen (secondary N) is 1. The van der Waals surface area contributed by atoms with Crippen LogP contribution in [0.15, 0.2) is 0 Å². The summed E-state index contributed by atoms with van der Waals surface area (Å²) in [6, 6.07) is 0. The molecule has 23 heavy (non-hydrogen) atoms. The van der Waals surface area contributed by atoms with Crippen molar-refractivity contribution in [1.29, 1.82) is 0 Å². The summed E-state index contributed by atoms with van der Waals surface area (Å²) in [5.74, 6) is 0.474. The second-order valence-electron chi connectivity index (χ2n) is 6.90. The molecular formula is C16H29N3O4. The van der Waals surface area contributed by atoms with Crippen molar-refractivity contribution in [2.75, 3.05) is 53.0 Å². The number of hydrogen-bond donors (Lipinski definition) is 2. The third-order valence-corrected chi connectivity index (χ3v) is 4.72. The average molecular weight is 327 g/mol. The van der Waals surface area contributed by atoms with Gasteiger partial charge in [0, 0.05) is 13.6 Å². The van der Waals surface area contributed by atoms with E-state index in [1.807, 2.05) is 0 Å². The molecule has 7 heteroatoms. The summed E-state index contributed by atoms with van der Waals surface area (Å²) in [5, 5.41) is 13.1. The maximum atomic E-state index is 12.6. The molecule has 2 saturated heterocycles. The number of rotatable bonds is 4. The second-order valence-corrected chi connectivity index (χ2v) is 6.90. The van der Waals surface area contributed by atoms with Crippen LogP contribution in [0.1, 0.15) is 26.2 Å². The molecule has 0 aromatic rings. The van der Waals surface area contributed by atoms with Crippen molar-refractivity contribution in [3.05, 3.63) is 0 Å². The third kappa shape index (κ3) is 5.44. The Morgan fingerprint density at radius 3 is 2.65 bits per heavy atom. The highest BCUT2D eigenvalue weighted by molar-refractivity contribution is 5.79. The first-order chi connectivity index (χ1) is 10.9. The summed E-state index contributed by atoms with van der Waals surface area (Å²) < 4.78 is 5.40. The van der Waals surface area contributed by atoms with Crippen LogP contribution in [-0.4, -0.2) is 85.3 Å². The van der Waals surface area contributed by atoms with Crippen LogP contribution in [0, 0.1) is 5.92 Å². The maximum Gasteiger partial charge on any atom is 0.236 e. The molecule has 2 aliphatic heterocycles. The van der Waals surface area contributed by atoms with Gasteiger partial charge in [-0.15, -0.1) is 0 Å². The molecule has 2 heterocycles. The lowest BCUT2D eigenvalue weighted by Crippen LogP contribution is -2.51. The smallest absolute Gasteiger partial charge is 0.236 e. The van der Waals surface area contributed by atoms with Crippen LogP contribution in [0.25, 0.3) is 0 Å². The molecule has 1 atom stereocenters. The van der Waals surface area contributed by atoms with E-state index in [9.17, 15) is 14.7 Å². The minimum absolute atomic E-state index is 0.000356. The zero-order chi connectivity index (χ0) is 16.9. The molecule has 0 spiro atoms. The van der Waals surface area contributed by atoms with Crippen molar-refractivity contribution in [2.45, 2.75) is 31.8 Å². The Morgan fingerprint density at radius 1 is 1.30 bits per heavy atom. The second kappa shape index (κ2) is 8.08. The predicted octanol–water partition coefficient (Wildman–Crippen LogP) is -0.556. The van der Waals surface area contributed by atoms with Crippen LogP contribution in [0.5, 0.6) is 0 Å². The maximum absolute atomic E-state index is 12.6. The number of carbonyl (C=O) groups excluding carboxylic acids is 2. The Labute approximate surface area is 138 Å². The minimum Gasteiger partial charge on any atom is -0.385 e. The van der Waals surface area contributed by atoms with Gasteiger partial charge < -0.3 is 20.1 Å². The number of nitrogens with zero attached hydrogens (tertiary/aromatic N) is 2. The molecule has 2 N–H and O–H groups in total. The number of likely N-dealkylation sites (tertiary alicyclic amines) is 1. The minimum atomic E-state index is -1.32. The summed E-state index contributed by atoms with van der Waals surface area (Å²) >= 11 is 0. The van der Waals surface area contributed by atoms with E-state index in [0.717, 1.165) is 31.8 Å². The Kier molecular flexibility index (Phi) is 6.38. The summed E-state index contributed by atoms with van der Waals surface area (Å²) in [6.45, 7) is 5.57. The molecule has 1 unspecified atom stereocenters. The molecular weight excluding hydrogens is 298 g/mol. The number of carbonyl (C=O) groups is 2. The fourth-order valence-electron chi connectivity index (χ4n) is 3.14. The largest absolute Gasteiger partial charge is 0.385 e. The molecule has 0 bridgehead atoms. The molecule has 0 aliphatic carbocycles. The van der Waals surface area contributed by atoms with Crippen LogP contribution < -0.4 is 5.32 Å². The van der Waals surface area contributed by atoms with E-state index < -0.39 is 5.60 Å². The number of ether oxygens (including phenoxy) is 1. The SMILES string of the molecule is CNC(=O)CC1(O)COCCN(C(=O)CN2CCC(C)CC2)C1. The van der Waals surface area contributed by atoms with E-state index in [0.29, 0.717) is 19.7 Å². The van der Waals surface area contributed by atoms with E-state index in [4.69, 9.17) is 4.74 Å². The molecule has 2 rings (SSSR count). The number of β-amino-alcohol motifs (C(OH)–C–C–N with tert-alkyl or cyclic N) is 1. The fourth-order valence-corrected chi connectivity index (χ4v) is 3.14. The van der Waals surface area contributed by atoms with Crippen molar-refractivity contribution in [1.82, 2.24) is 15.1 Å². The van der Waals surface area contributed by atoms with Crippen molar-refractivity contribution in [3.8, 4) is 0 Å². The highest BCUT2D eigenvalue weighted by Gasteiger charge is 2.36. The molecule has 0 saturated carbocycles. The van der Waals surface area contributed by atoms with Crippen LogP contribution in [0.3, 0.4) is 0 Å². The molecule has 7 nitrogen and oxygen atoms in total. The highest BCUT2D eigenvalue weighted by Crippen LogP contribution is 2.19. The van der Waals surface area contributed by atoms with Gasteiger partial charge in [-0.25, -0.2) is 0 Å². The quantitative estimate of drug-likeness (QED) is 0.724. The van der Waals surface area contributed by atoms with Crippen LogP contribution in [0.2, 0.25) is 0 Å². The topological polar surface area (TPSA) is 82.1 Å². The Hall–Kier alpha value is -1.18.